The summed E-state index contributed by atoms with van der Waals surface area (Å²) in [5, 5.41) is 0. The Labute approximate surface area is 139 Å². The van der Waals surface area contributed by atoms with Crippen LogP contribution in [0.3, 0.4) is 0 Å². The lowest BCUT2D eigenvalue weighted by molar-refractivity contribution is -0.374. The van der Waals surface area contributed by atoms with Gasteiger partial charge >= 0.3 is 0 Å². The van der Waals surface area contributed by atoms with E-state index in [9.17, 15) is 0 Å². The molecular formula is C15H34N2O6. The second-order valence-electron chi connectivity index (χ2n) is 4.82. The van der Waals surface area contributed by atoms with Crippen molar-refractivity contribution in [3.63, 3.8) is 0 Å². The van der Waals surface area contributed by atoms with Crippen molar-refractivity contribution in [1.29, 1.82) is 0 Å². The van der Waals surface area contributed by atoms with Crippen LogP contribution in [0.5, 0.6) is 0 Å². The van der Waals surface area contributed by atoms with Crippen molar-refractivity contribution < 1.29 is 28.4 Å². The van der Waals surface area contributed by atoms with Gasteiger partial charge in [0.2, 0.25) is 0 Å². The Kier molecular flexibility index (Phi) is 16.3. The molecule has 0 amide bonds. The van der Waals surface area contributed by atoms with E-state index in [0.29, 0.717) is 72.6 Å². The van der Waals surface area contributed by atoms with E-state index in [4.69, 9.17) is 39.9 Å². The lowest BCUT2D eigenvalue weighted by atomic mass is 10.5. The minimum atomic E-state index is -1.16. The van der Waals surface area contributed by atoms with Crippen molar-refractivity contribution in [1.82, 2.24) is 0 Å². The lowest BCUT2D eigenvalue weighted by Gasteiger charge is -2.29. The molecule has 0 bridgehead atoms. The van der Waals surface area contributed by atoms with Crippen LogP contribution in [-0.4, -0.2) is 78.5 Å². The number of ether oxygens (including phenoxy) is 6. The third-order valence-electron chi connectivity index (χ3n) is 2.65. The summed E-state index contributed by atoms with van der Waals surface area (Å²) in [5.74, 6) is -1.16. The summed E-state index contributed by atoms with van der Waals surface area (Å²) in [6, 6.07) is 0. The van der Waals surface area contributed by atoms with Crippen molar-refractivity contribution in [2.75, 3.05) is 72.6 Å². The molecule has 4 N–H and O–H groups in total. The molecule has 0 aromatic rings. The maximum Gasteiger partial charge on any atom is 0.280 e. The van der Waals surface area contributed by atoms with Crippen LogP contribution in [0.15, 0.2) is 0 Å². The minimum Gasteiger partial charge on any atom is -0.379 e. The summed E-state index contributed by atoms with van der Waals surface area (Å²) < 4.78 is 32.9. The van der Waals surface area contributed by atoms with Gasteiger partial charge in [-0.1, -0.05) is 6.92 Å². The molecule has 0 aromatic heterocycles. The molecule has 0 radical (unpaired) electrons. The Morgan fingerprint density at radius 1 is 0.609 bits per heavy atom. The Hall–Kier alpha value is -0.320. The Morgan fingerprint density at radius 3 is 1.35 bits per heavy atom. The zero-order valence-electron chi connectivity index (χ0n) is 14.6. The second-order valence-corrected chi connectivity index (χ2v) is 4.82. The molecule has 0 aromatic carbocycles. The smallest absolute Gasteiger partial charge is 0.280 e. The molecule has 0 atom stereocenters. The quantitative estimate of drug-likeness (QED) is 0.267. The van der Waals surface area contributed by atoms with Crippen LogP contribution in [0, 0.1) is 0 Å². The first-order valence-electron chi connectivity index (χ1n) is 8.23. The molecule has 0 aliphatic carbocycles. The molecule has 0 aliphatic rings. The highest BCUT2D eigenvalue weighted by Gasteiger charge is 2.27. The van der Waals surface area contributed by atoms with Crippen LogP contribution in [0.1, 0.15) is 20.3 Å². The largest absolute Gasteiger partial charge is 0.379 e. The summed E-state index contributed by atoms with van der Waals surface area (Å²) in [5.41, 5.74) is 10.7. The summed E-state index contributed by atoms with van der Waals surface area (Å²) in [7, 11) is 0. The van der Waals surface area contributed by atoms with Crippen molar-refractivity contribution in [3.8, 4) is 0 Å². The van der Waals surface area contributed by atoms with Gasteiger partial charge in [0.05, 0.1) is 52.9 Å². The van der Waals surface area contributed by atoms with Crippen molar-refractivity contribution >= 4 is 0 Å². The first kappa shape index (κ1) is 22.7. The predicted octanol–water partition coefficient (Wildman–Crippen LogP) is 0.0871. The molecule has 0 saturated carbocycles. The molecule has 23 heavy (non-hydrogen) atoms. The zero-order valence-corrected chi connectivity index (χ0v) is 14.6. The standard InChI is InChI=1S/C15H34N2O6/c1-3-6-18-9-12-21-15(2,22-13-10-19-7-4-16)23-14-11-20-8-5-17/h3-14,16-17H2,1-2H3. The molecule has 0 rings (SSSR count). The fraction of sp³-hybridized carbons (Fsp3) is 1.00. The Bertz CT molecular complexity index is 210. The van der Waals surface area contributed by atoms with Gasteiger partial charge in [-0.05, 0) is 6.42 Å². The van der Waals surface area contributed by atoms with Crippen LogP contribution in [0.25, 0.3) is 0 Å². The third-order valence-corrected chi connectivity index (χ3v) is 2.65. The van der Waals surface area contributed by atoms with Gasteiger partial charge < -0.3 is 39.9 Å². The first-order chi connectivity index (χ1) is 11.2. The SMILES string of the molecule is CCCOCCOC(C)(OCCOCCN)OCCOCCN. The molecule has 0 saturated heterocycles. The van der Waals surface area contributed by atoms with E-state index in [-0.39, 0.29) is 0 Å². The van der Waals surface area contributed by atoms with E-state index in [1.807, 2.05) is 0 Å². The predicted molar refractivity (Wildman–Crippen MR) is 87.1 cm³/mol. The summed E-state index contributed by atoms with van der Waals surface area (Å²) in [4.78, 5) is 0. The zero-order chi connectivity index (χ0) is 17.2. The molecule has 8 nitrogen and oxygen atoms in total. The highest BCUT2D eigenvalue weighted by Crippen LogP contribution is 2.14. The monoisotopic (exact) mass is 338 g/mol. The fourth-order valence-electron chi connectivity index (χ4n) is 1.60. The van der Waals surface area contributed by atoms with Crippen LogP contribution >= 0.6 is 0 Å². The van der Waals surface area contributed by atoms with E-state index in [1.54, 1.807) is 6.92 Å². The van der Waals surface area contributed by atoms with E-state index < -0.39 is 5.97 Å². The van der Waals surface area contributed by atoms with Crippen LogP contribution in [0.4, 0.5) is 0 Å². The normalized spacial score (nSPS) is 12.0. The Morgan fingerprint density at radius 2 is 1.00 bits per heavy atom. The van der Waals surface area contributed by atoms with Crippen LogP contribution in [0.2, 0.25) is 0 Å². The average Bonchev–Trinajstić information content (AvgIpc) is 2.54. The highest BCUT2D eigenvalue weighted by molar-refractivity contribution is 4.50. The fourth-order valence-corrected chi connectivity index (χ4v) is 1.60. The van der Waals surface area contributed by atoms with Gasteiger partial charge in [-0.25, -0.2) is 0 Å². The number of hydrogen-bond donors (Lipinski definition) is 2. The van der Waals surface area contributed by atoms with Gasteiger partial charge in [0.15, 0.2) is 0 Å². The molecule has 0 fully saturated rings. The molecule has 140 valence electrons. The lowest BCUT2D eigenvalue weighted by Crippen LogP contribution is -2.39. The van der Waals surface area contributed by atoms with Crippen molar-refractivity contribution in [2.45, 2.75) is 26.2 Å². The summed E-state index contributed by atoms with van der Waals surface area (Å²) in [6.45, 7) is 8.86. The molecule has 0 aliphatic heterocycles. The van der Waals surface area contributed by atoms with E-state index in [2.05, 4.69) is 6.92 Å². The highest BCUT2D eigenvalue weighted by atomic mass is 16.9. The van der Waals surface area contributed by atoms with Gasteiger partial charge in [-0.15, -0.1) is 0 Å². The van der Waals surface area contributed by atoms with Crippen molar-refractivity contribution in [2.24, 2.45) is 11.5 Å². The first-order valence-corrected chi connectivity index (χ1v) is 8.23. The third kappa shape index (κ3) is 15.0. The van der Waals surface area contributed by atoms with E-state index in [0.717, 1.165) is 6.42 Å². The Balaban J connectivity index is 4.00. The van der Waals surface area contributed by atoms with E-state index in [1.165, 1.54) is 0 Å². The topological polar surface area (TPSA) is 107 Å². The molecule has 0 heterocycles. The van der Waals surface area contributed by atoms with Gasteiger partial charge in [-0.3, -0.25) is 0 Å². The van der Waals surface area contributed by atoms with E-state index >= 15 is 0 Å². The molecule has 0 spiro atoms. The van der Waals surface area contributed by atoms with Gasteiger partial charge in [0.25, 0.3) is 5.97 Å². The second kappa shape index (κ2) is 16.5. The maximum absolute atomic E-state index is 5.66. The van der Waals surface area contributed by atoms with Gasteiger partial charge in [0, 0.05) is 26.6 Å². The molecule has 8 heteroatoms. The number of nitrogens with two attached hydrogens (primary N) is 2. The van der Waals surface area contributed by atoms with Gasteiger partial charge in [-0.2, -0.15) is 0 Å². The van der Waals surface area contributed by atoms with Crippen LogP contribution in [-0.2, 0) is 28.4 Å². The van der Waals surface area contributed by atoms with Crippen molar-refractivity contribution in [3.05, 3.63) is 0 Å². The van der Waals surface area contributed by atoms with Gasteiger partial charge in [0.1, 0.15) is 0 Å². The summed E-state index contributed by atoms with van der Waals surface area (Å²) in [6.07, 6.45) is 0.973. The molecule has 0 unspecified atom stereocenters. The number of hydrogen-bond acceptors (Lipinski definition) is 8. The average molecular weight is 338 g/mol. The minimum absolute atomic E-state index is 0.343. The van der Waals surface area contributed by atoms with Crippen LogP contribution < -0.4 is 11.5 Å². The summed E-state index contributed by atoms with van der Waals surface area (Å²) >= 11 is 0. The maximum atomic E-state index is 5.66. The number of rotatable bonds is 18. The molecular weight excluding hydrogens is 304 g/mol.